The fourth-order valence-electron chi connectivity index (χ4n) is 1.39. The molecule has 0 spiro atoms. The molecule has 2 N–H and O–H groups in total. The number of hydrogen-bond acceptors (Lipinski definition) is 5. The lowest BCUT2D eigenvalue weighted by Crippen LogP contribution is -2.13. The number of rotatable bonds is 6. The van der Waals surface area contributed by atoms with E-state index >= 15 is 0 Å². The van der Waals surface area contributed by atoms with Gasteiger partial charge in [-0.2, -0.15) is 0 Å². The number of nitro groups is 1. The number of nitro benzene ring substituents is 1. The first kappa shape index (κ1) is 14.4. The van der Waals surface area contributed by atoms with Crippen molar-refractivity contribution < 1.29 is 19.9 Å². The molecule has 100 valence electrons. The highest BCUT2D eigenvalue weighted by atomic mass is 16.6. The number of benzene rings is 1. The summed E-state index contributed by atoms with van der Waals surface area (Å²) >= 11 is 0. The van der Waals surface area contributed by atoms with E-state index in [0.717, 1.165) is 0 Å². The van der Waals surface area contributed by atoms with E-state index in [9.17, 15) is 15.2 Å². The molecule has 1 unspecified atom stereocenters. The zero-order chi connectivity index (χ0) is 13.7. The molecule has 0 bridgehead atoms. The van der Waals surface area contributed by atoms with E-state index in [4.69, 9.17) is 9.84 Å². The van der Waals surface area contributed by atoms with Crippen molar-refractivity contribution in [2.45, 2.75) is 20.0 Å². The summed E-state index contributed by atoms with van der Waals surface area (Å²) in [6, 6.07) is 4.08. The van der Waals surface area contributed by atoms with Crippen molar-refractivity contribution in [1.82, 2.24) is 0 Å². The maximum Gasteiger partial charge on any atom is 0.270 e. The smallest absolute Gasteiger partial charge is 0.270 e. The Morgan fingerprint density at radius 2 is 2.11 bits per heavy atom. The third-order valence-corrected chi connectivity index (χ3v) is 2.49. The summed E-state index contributed by atoms with van der Waals surface area (Å²) < 4.78 is 5.44. The van der Waals surface area contributed by atoms with Gasteiger partial charge in [0.25, 0.3) is 5.69 Å². The lowest BCUT2D eigenvalue weighted by molar-refractivity contribution is -0.385. The van der Waals surface area contributed by atoms with Crippen LogP contribution >= 0.6 is 0 Å². The Balaban J connectivity index is 2.93. The summed E-state index contributed by atoms with van der Waals surface area (Å²) in [6.07, 6.45) is -0.857. The third-order valence-electron chi connectivity index (χ3n) is 2.49. The van der Waals surface area contributed by atoms with Crippen LogP contribution in [0.1, 0.15) is 25.5 Å². The van der Waals surface area contributed by atoms with E-state index in [2.05, 4.69) is 0 Å². The number of aliphatic hydroxyl groups is 2. The number of non-ortho nitro benzene ring substituents is 1. The molecule has 6 heteroatoms. The summed E-state index contributed by atoms with van der Waals surface area (Å²) in [4.78, 5) is 10.1. The molecule has 18 heavy (non-hydrogen) atoms. The zero-order valence-electron chi connectivity index (χ0n) is 10.4. The highest BCUT2D eigenvalue weighted by Crippen LogP contribution is 2.29. The van der Waals surface area contributed by atoms with Gasteiger partial charge in [0.05, 0.1) is 17.6 Å². The van der Waals surface area contributed by atoms with Crippen LogP contribution in [0.15, 0.2) is 18.2 Å². The second kappa shape index (κ2) is 6.32. The van der Waals surface area contributed by atoms with Gasteiger partial charge in [0.15, 0.2) is 0 Å². The van der Waals surface area contributed by atoms with Crippen LogP contribution in [0.25, 0.3) is 0 Å². The highest BCUT2D eigenvalue weighted by Gasteiger charge is 2.15. The maximum atomic E-state index is 10.6. The van der Waals surface area contributed by atoms with Crippen LogP contribution in [-0.2, 0) is 0 Å². The molecule has 0 radical (unpaired) electrons. The molecule has 0 amide bonds. The SMILES string of the molecule is CC(CO)COc1ccc([N+](=O)[O-])cc1[C@H](C)O. The predicted molar refractivity (Wildman–Crippen MR) is 65.5 cm³/mol. The normalized spacial score (nSPS) is 14.0. The van der Waals surface area contributed by atoms with Gasteiger partial charge < -0.3 is 14.9 Å². The average molecular weight is 255 g/mol. The van der Waals surface area contributed by atoms with Crippen molar-refractivity contribution in [3.63, 3.8) is 0 Å². The van der Waals surface area contributed by atoms with Gasteiger partial charge in [-0.05, 0) is 13.0 Å². The fraction of sp³-hybridized carbons (Fsp3) is 0.500. The minimum atomic E-state index is -0.857. The van der Waals surface area contributed by atoms with Gasteiger partial charge in [0.1, 0.15) is 5.75 Å². The topological polar surface area (TPSA) is 92.8 Å². The Hall–Kier alpha value is -1.66. The molecule has 0 aliphatic carbocycles. The second-order valence-corrected chi connectivity index (χ2v) is 4.25. The monoisotopic (exact) mass is 255 g/mol. The van der Waals surface area contributed by atoms with E-state index in [1.807, 2.05) is 6.92 Å². The summed E-state index contributed by atoms with van der Waals surface area (Å²) in [6.45, 7) is 3.61. The second-order valence-electron chi connectivity index (χ2n) is 4.25. The quantitative estimate of drug-likeness (QED) is 0.595. The molecular weight excluding hydrogens is 238 g/mol. The van der Waals surface area contributed by atoms with Crippen molar-refractivity contribution >= 4 is 5.69 Å². The van der Waals surface area contributed by atoms with E-state index < -0.39 is 11.0 Å². The van der Waals surface area contributed by atoms with Gasteiger partial charge in [0.2, 0.25) is 0 Å². The Bertz CT molecular complexity index is 419. The Morgan fingerprint density at radius 1 is 1.44 bits per heavy atom. The lowest BCUT2D eigenvalue weighted by atomic mass is 10.1. The molecule has 1 aromatic rings. The molecule has 0 aromatic heterocycles. The molecule has 0 saturated heterocycles. The molecular formula is C12H17NO5. The van der Waals surface area contributed by atoms with Gasteiger partial charge in [0, 0.05) is 30.2 Å². The largest absolute Gasteiger partial charge is 0.493 e. The van der Waals surface area contributed by atoms with Gasteiger partial charge in [-0.25, -0.2) is 0 Å². The van der Waals surface area contributed by atoms with Gasteiger partial charge in [-0.3, -0.25) is 10.1 Å². The van der Waals surface area contributed by atoms with Crippen LogP contribution in [0.2, 0.25) is 0 Å². The molecule has 0 aliphatic rings. The van der Waals surface area contributed by atoms with Gasteiger partial charge in [-0.1, -0.05) is 6.92 Å². The van der Waals surface area contributed by atoms with E-state index in [1.165, 1.54) is 25.1 Å². The molecule has 1 rings (SSSR count). The standard InChI is InChI=1S/C12H17NO5/c1-8(6-14)7-18-12-4-3-10(13(16)17)5-11(12)9(2)15/h3-5,8-9,14-15H,6-7H2,1-2H3/t8?,9-/m0/s1. The van der Waals surface area contributed by atoms with E-state index in [-0.39, 0.29) is 24.8 Å². The summed E-state index contributed by atoms with van der Waals surface area (Å²) in [5, 5.41) is 29.1. The predicted octanol–water partition coefficient (Wildman–Crippen LogP) is 1.66. The van der Waals surface area contributed by atoms with Gasteiger partial charge >= 0.3 is 0 Å². The van der Waals surface area contributed by atoms with E-state index in [0.29, 0.717) is 11.3 Å². The van der Waals surface area contributed by atoms with Crippen molar-refractivity contribution in [2.24, 2.45) is 5.92 Å². The van der Waals surface area contributed by atoms with Crippen LogP contribution in [0, 0.1) is 16.0 Å². The molecule has 1 aromatic carbocycles. The van der Waals surface area contributed by atoms with Crippen LogP contribution < -0.4 is 4.74 Å². The first-order valence-electron chi connectivity index (χ1n) is 5.65. The Kier molecular flexibility index (Phi) is 5.06. The highest BCUT2D eigenvalue weighted by molar-refractivity contribution is 5.44. The number of aliphatic hydroxyl groups excluding tert-OH is 2. The lowest BCUT2D eigenvalue weighted by Gasteiger charge is -2.15. The van der Waals surface area contributed by atoms with E-state index in [1.54, 1.807) is 0 Å². The molecule has 0 saturated carbocycles. The molecule has 0 fully saturated rings. The van der Waals surface area contributed by atoms with Crippen molar-refractivity contribution in [3.05, 3.63) is 33.9 Å². The van der Waals surface area contributed by atoms with Crippen LogP contribution in [-0.4, -0.2) is 28.4 Å². The van der Waals surface area contributed by atoms with Crippen molar-refractivity contribution in [3.8, 4) is 5.75 Å². The first-order valence-corrected chi connectivity index (χ1v) is 5.65. The maximum absolute atomic E-state index is 10.6. The Morgan fingerprint density at radius 3 is 2.61 bits per heavy atom. The van der Waals surface area contributed by atoms with Crippen LogP contribution in [0.3, 0.4) is 0 Å². The third kappa shape index (κ3) is 3.68. The van der Waals surface area contributed by atoms with Crippen molar-refractivity contribution in [2.75, 3.05) is 13.2 Å². The number of ether oxygens (including phenoxy) is 1. The first-order chi connectivity index (χ1) is 8.45. The molecule has 0 aliphatic heterocycles. The molecule has 0 heterocycles. The minimum Gasteiger partial charge on any atom is -0.493 e. The summed E-state index contributed by atoms with van der Waals surface area (Å²) in [7, 11) is 0. The average Bonchev–Trinajstić information content (AvgIpc) is 2.35. The Labute approximate surface area is 105 Å². The van der Waals surface area contributed by atoms with Crippen LogP contribution in [0.4, 0.5) is 5.69 Å². The van der Waals surface area contributed by atoms with Gasteiger partial charge in [-0.15, -0.1) is 0 Å². The number of hydrogen-bond donors (Lipinski definition) is 2. The van der Waals surface area contributed by atoms with Crippen LogP contribution in [0.5, 0.6) is 5.75 Å². The minimum absolute atomic E-state index is 0.00298. The fourth-order valence-corrected chi connectivity index (χ4v) is 1.39. The zero-order valence-corrected chi connectivity index (χ0v) is 10.4. The summed E-state index contributed by atoms with van der Waals surface area (Å²) in [5.74, 6) is 0.359. The molecule has 6 nitrogen and oxygen atoms in total. The number of nitrogens with zero attached hydrogens (tertiary/aromatic N) is 1. The molecule has 2 atom stereocenters. The van der Waals surface area contributed by atoms with Crippen molar-refractivity contribution in [1.29, 1.82) is 0 Å². The summed E-state index contributed by atoms with van der Waals surface area (Å²) in [5.41, 5.74) is 0.280.